The molecule has 3 atom stereocenters. The van der Waals surface area contributed by atoms with Gasteiger partial charge in [-0.1, -0.05) is 13.8 Å². The fraction of sp³-hybridized carbons (Fsp3) is 0.765. The zero-order valence-electron chi connectivity index (χ0n) is 16.5. The van der Waals surface area contributed by atoms with Crippen LogP contribution in [0.25, 0.3) is 0 Å². The highest BCUT2D eigenvalue weighted by Crippen LogP contribution is 2.06. The first-order valence-electron chi connectivity index (χ1n) is 9.00. The van der Waals surface area contributed by atoms with E-state index in [1.807, 2.05) is 0 Å². The van der Waals surface area contributed by atoms with Crippen molar-refractivity contribution in [2.75, 3.05) is 20.3 Å². The summed E-state index contributed by atoms with van der Waals surface area (Å²) in [5, 5.41) is 7.66. The lowest BCUT2D eigenvalue weighted by Gasteiger charge is -2.25. The molecule has 0 spiro atoms. The smallest absolute Gasteiger partial charge is 0.245 e. The second kappa shape index (κ2) is 13.0. The summed E-state index contributed by atoms with van der Waals surface area (Å²) >= 11 is 0. The number of nitrogens with two attached hydrogens (primary N) is 2. The van der Waals surface area contributed by atoms with E-state index in [9.17, 15) is 19.2 Å². The number of amides is 4. The average Bonchev–Trinajstić information content (AvgIpc) is 2.57. The van der Waals surface area contributed by atoms with Gasteiger partial charge in [0.1, 0.15) is 18.1 Å². The van der Waals surface area contributed by atoms with E-state index in [0.29, 0.717) is 25.8 Å². The van der Waals surface area contributed by atoms with E-state index < -0.39 is 41.8 Å². The number of primary amides is 1. The van der Waals surface area contributed by atoms with Gasteiger partial charge in [0.15, 0.2) is 0 Å². The van der Waals surface area contributed by atoms with Crippen LogP contribution in [-0.2, 0) is 23.9 Å². The van der Waals surface area contributed by atoms with Crippen LogP contribution in [0.2, 0.25) is 0 Å². The van der Waals surface area contributed by atoms with Crippen LogP contribution in [0.5, 0.6) is 0 Å². The predicted octanol–water partition coefficient (Wildman–Crippen LogP) is -1.62. The molecule has 27 heavy (non-hydrogen) atoms. The summed E-state index contributed by atoms with van der Waals surface area (Å²) < 4.78 is 4.94. The molecule has 0 aliphatic rings. The molecule has 0 aliphatic heterocycles. The number of hydrogen-bond acceptors (Lipinski definition) is 6. The maximum absolute atomic E-state index is 12.6. The molecule has 0 rings (SSSR count). The van der Waals surface area contributed by atoms with Crippen LogP contribution >= 0.6 is 0 Å². The van der Waals surface area contributed by atoms with Crippen molar-refractivity contribution in [1.29, 1.82) is 0 Å². The minimum Gasteiger partial charge on any atom is -0.382 e. The quantitative estimate of drug-likeness (QED) is 0.238. The second-order valence-corrected chi connectivity index (χ2v) is 6.69. The van der Waals surface area contributed by atoms with Crippen molar-refractivity contribution in [3.63, 3.8) is 0 Å². The van der Waals surface area contributed by atoms with Crippen LogP contribution in [0.1, 0.15) is 40.0 Å². The summed E-state index contributed by atoms with van der Waals surface area (Å²) in [4.78, 5) is 47.9. The molecule has 7 N–H and O–H groups in total. The van der Waals surface area contributed by atoms with Gasteiger partial charge in [-0.15, -0.1) is 0 Å². The molecule has 3 unspecified atom stereocenters. The SMILES string of the molecule is COCC(NC(C)=O)C(=O)NC(CCCCN)C(=O)NC(C(N)=O)C(C)C. The van der Waals surface area contributed by atoms with E-state index in [0.717, 1.165) is 0 Å². The first kappa shape index (κ1) is 24.8. The summed E-state index contributed by atoms with van der Waals surface area (Å²) in [5.41, 5.74) is 10.8. The van der Waals surface area contributed by atoms with E-state index in [1.54, 1.807) is 13.8 Å². The van der Waals surface area contributed by atoms with E-state index in [1.165, 1.54) is 14.0 Å². The van der Waals surface area contributed by atoms with Gasteiger partial charge in [-0.2, -0.15) is 0 Å². The first-order valence-corrected chi connectivity index (χ1v) is 9.00. The Balaban J connectivity index is 5.20. The molecule has 0 aromatic heterocycles. The largest absolute Gasteiger partial charge is 0.382 e. The Kier molecular flexibility index (Phi) is 12.0. The van der Waals surface area contributed by atoms with Crippen molar-refractivity contribution in [2.24, 2.45) is 17.4 Å². The minimum absolute atomic E-state index is 0.0432. The standard InChI is InChI=1S/C17H33N5O5/c1-10(2)14(15(19)24)22-16(25)12(7-5-6-8-18)21-17(26)13(9-27-4)20-11(3)23/h10,12-14H,5-9,18H2,1-4H3,(H2,19,24)(H,20,23)(H,21,26)(H,22,25). The highest BCUT2D eigenvalue weighted by atomic mass is 16.5. The van der Waals surface area contributed by atoms with Crippen molar-refractivity contribution >= 4 is 23.6 Å². The molecule has 0 aliphatic carbocycles. The van der Waals surface area contributed by atoms with Crippen LogP contribution in [0.15, 0.2) is 0 Å². The van der Waals surface area contributed by atoms with Crippen molar-refractivity contribution in [3.8, 4) is 0 Å². The molecule has 0 radical (unpaired) electrons. The molecule has 10 heteroatoms. The summed E-state index contributed by atoms with van der Waals surface area (Å²) in [6, 6.07) is -2.68. The second-order valence-electron chi connectivity index (χ2n) is 6.69. The van der Waals surface area contributed by atoms with Crippen LogP contribution < -0.4 is 27.4 Å². The van der Waals surface area contributed by atoms with E-state index >= 15 is 0 Å². The lowest BCUT2D eigenvalue weighted by molar-refractivity contribution is -0.134. The van der Waals surface area contributed by atoms with Crippen LogP contribution in [0.3, 0.4) is 0 Å². The van der Waals surface area contributed by atoms with Crippen LogP contribution in [0, 0.1) is 5.92 Å². The number of carbonyl (C=O) groups is 4. The van der Waals surface area contributed by atoms with E-state index in [2.05, 4.69) is 16.0 Å². The maximum atomic E-state index is 12.6. The van der Waals surface area contributed by atoms with Crippen molar-refractivity contribution < 1.29 is 23.9 Å². The fourth-order valence-electron chi connectivity index (χ4n) is 2.45. The Labute approximate surface area is 160 Å². The molecular formula is C17H33N5O5. The Hall–Kier alpha value is -2.20. The van der Waals surface area contributed by atoms with Gasteiger partial charge in [0, 0.05) is 14.0 Å². The van der Waals surface area contributed by atoms with Gasteiger partial charge in [0.2, 0.25) is 23.6 Å². The molecule has 0 fully saturated rings. The highest BCUT2D eigenvalue weighted by Gasteiger charge is 2.29. The summed E-state index contributed by atoms with van der Waals surface area (Å²) in [5.74, 6) is -2.32. The number of hydrogen-bond donors (Lipinski definition) is 5. The van der Waals surface area contributed by atoms with Crippen molar-refractivity contribution in [2.45, 2.75) is 58.2 Å². The third-order valence-electron chi connectivity index (χ3n) is 3.88. The van der Waals surface area contributed by atoms with E-state index in [-0.39, 0.29) is 12.5 Å². The maximum Gasteiger partial charge on any atom is 0.245 e. The lowest BCUT2D eigenvalue weighted by Crippen LogP contribution is -2.57. The third kappa shape index (κ3) is 9.90. The normalized spacial score (nSPS) is 14.1. The van der Waals surface area contributed by atoms with Gasteiger partial charge in [0.05, 0.1) is 6.61 Å². The van der Waals surface area contributed by atoms with Crippen molar-refractivity contribution in [1.82, 2.24) is 16.0 Å². The van der Waals surface area contributed by atoms with Gasteiger partial charge in [0.25, 0.3) is 0 Å². The number of carbonyl (C=O) groups excluding carboxylic acids is 4. The molecule has 0 bridgehead atoms. The van der Waals surface area contributed by atoms with Gasteiger partial charge in [-0.05, 0) is 31.7 Å². The Morgan fingerprint density at radius 1 is 0.963 bits per heavy atom. The number of rotatable bonds is 13. The molecule has 10 nitrogen and oxygen atoms in total. The number of methoxy groups -OCH3 is 1. The van der Waals surface area contributed by atoms with E-state index in [4.69, 9.17) is 16.2 Å². The van der Waals surface area contributed by atoms with Gasteiger partial charge < -0.3 is 32.2 Å². The number of ether oxygens (including phenoxy) is 1. The molecule has 0 heterocycles. The predicted molar refractivity (Wildman–Crippen MR) is 100 cm³/mol. The minimum atomic E-state index is -0.936. The average molecular weight is 387 g/mol. The van der Waals surface area contributed by atoms with Crippen LogP contribution in [-0.4, -0.2) is 62.0 Å². The lowest BCUT2D eigenvalue weighted by atomic mass is 10.0. The Morgan fingerprint density at radius 3 is 2.00 bits per heavy atom. The van der Waals surface area contributed by atoms with Gasteiger partial charge in [-0.25, -0.2) is 0 Å². The zero-order chi connectivity index (χ0) is 21.0. The fourth-order valence-corrected chi connectivity index (χ4v) is 2.45. The topological polar surface area (TPSA) is 166 Å². The Bertz CT molecular complexity index is 512. The summed E-state index contributed by atoms with van der Waals surface area (Å²) in [7, 11) is 1.40. The van der Waals surface area contributed by atoms with Gasteiger partial charge in [-0.3, -0.25) is 19.2 Å². The highest BCUT2D eigenvalue weighted by molar-refractivity contribution is 5.93. The molecule has 0 aromatic carbocycles. The number of unbranched alkanes of at least 4 members (excludes halogenated alkanes) is 1. The summed E-state index contributed by atoms with van der Waals surface area (Å²) in [6.07, 6.45) is 1.61. The number of nitrogens with one attached hydrogen (secondary N) is 3. The van der Waals surface area contributed by atoms with Gasteiger partial charge >= 0.3 is 0 Å². The summed E-state index contributed by atoms with van der Waals surface area (Å²) in [6.45, 7) is 5.20. The first-order chi connectivity index (χ1) is 12.6. The molecular weight excluding hydrogens is 354 g/mol. The molecule has 0 saturated heterocycles. The monoisotopic (exact) mass is 387 g/mol. The van der Waals surface area contributed by atoms with Crippen molar-refractivity contribution in [3.05, 3.63) is 0 Å². The van der Waals surface area contributed by atoms with Crippen LogP contribution in [0.4, 0.5) is 0 Å². The Morgan fingerprint density at radius 2 is 1.56 bits per heavy atom. The third-order valence-corrected chi connectivity index (χ3v) is 3.88. The molecule has 156 valence electrons. The zero-order valence-corrected chi connectivity index (χ0v) is 16.5. The molecule has 0 aromatic rings. The molecule has 0 saturated carbocycles. The molecule has 4 amide bonds.